The first-order chi connectivity index (χ1) is 7.46. The Bertz CT molecular complexity index is 614. The fourth-order valence-electron chi connectivity index (χ4n) is 1.75. The van der Waals surface area contributed by atoms with Crippen molar-refractivity contribution in [2.24, 2.45) is 12.2 Å². The van der Waals surface area contributed by atoms with E-state index in [1.807, 2.05) is 42.1 Å². The molecule has 1 aromatic heterocycles. The quantitative estimate of drug-likeness (QED) is 0.867. The van der Waals surface area contributed by atoms with E-state index in [2.05, 4.69) is 0 Å². The zero-order valence-electron chi connectivity index (χ0n) is 9.05. The Morgan fingerprint density at radius 1 is 1.31 bits per heavy atom. The molecule has 4 nitrogen and oxygen atoms in total. The predicted molar refractivity (Wildman–Crippen MR) is 64.6 cm³/mol. The van der Waals surface area contributed by atoms with Gasteiger partial charge in [-0.3, -0.25) is 0 Å². The molecule has 0 amide bonds. The van der Waals surface area contributed by atoms with Crippen LogP contribution < -0.4 is 5.14 Å². The molecule has 16 heavy (non-hydrogen) atoms. The summed E-state index contributed by atoms with van der Waals surface area (Å²) >= 11 is 0. The van der Waals surface area contributed by atoms with Crippen LogP contribution in [0.15, 0.2) is 30.5 Å². The molecule has 0 unspecified atom stereocenters. The second-order valence-electron chi connectivity index (χ2n) is 3.94. The molecule has 2 rings (SSSR count). The highest BCUT2D eigenvalue weighted by molar-refractivity contribution is 7.89. The normalized spacial score (nSPS) is 12.1. The van der Waals surface area contributed by atoms with E-state index in [1.165, 1.54) is 0 Å². The standard InChI is InChI=1S/C11H14N2O2S/c1-13-6-4-10-8-9(2-3-11(10)13)5-7-16(12,14)15/h2-4,6,8H,5,7H2,1H3,(H2,12,14,15). The van der Waals surface area contributed by atoms with Crippen molar-refractivity contribution < 1.29 is 8.42 Å². The second kappa shape index (κ2) is 3.92. The van der Waals surface area contributed by atoms with Crippen molar-refractivity contribution in [3.63, 3.8) is 0 Å². The van der Waals surface area contributed by atoms with E-state index in [0.717, 1.165) is 16.5 Å². The van der Waals surface area contributed by atoms with E-state index >= 15 is 0 Å². The maximum Gasteiger partial charge on any atom is 0.209 e. The van der Waals surface area contributed by atoms with Crippen molar-refractivity contribution >= 4 is 20.9 Å². The van der Waals surface area contributed by atoms with Crippen molar-refractivity contribution in [1.82, 2.24) is 4.57 Å². The van der Waals surface area contributed by atoms with Gasteiger partial charge in [0.1, 0.15) is 0 Å². The summed E-state index contributed by atoms with van der Waals surface area (Å²) in [5.74, 6) is -0.00859. The van der Waals surface area contributed by atoms with Gasteiger partial charge in [-0.05, 0) is 35.6 Å². The number of rotatable bonds is 3. The highest BCUT2D eigenvalue weighted by atomic mass is 32.2. The van der Waals surface area contributed by atoms with Gasteiger partial charge in [0.15, 0.2) is 0 Å². The molecule has 0 bridgehead atoms. The van der Waals surface area contributed by atoms with Crippen LogP contribution in [0.25, 0.3) is 10.9 Å². The number of sulfonamides is 1. The van der Waals surface area contributed by atoms with Gasteiger partial charge >= 0.3 is 0 Å². The molecule has 1 aromatic carbocycles. The summed E-state index contributed by atoms with van der Waals surface area (Å²) < 4.78 is 23.7. The third kappa shape index (κ3) is 2.43. The number of aromatic nitrogens is 1. The van der Waals surface area contributed by atoms with Crippen LogP contribution in [0.3, 0.4) is 0 Å². The number of aryl methyl sites for hydroxylation is 2. The Kier molecular flexibility index (Phi) is 2.73. The van der Waals surface area contributed by atoms with Gasteiger partial charge in [0.05, 0.1) is 5.75 Å². The highest BCUT2D eigenvalue weighted by Crippen LogP contribution is 2.17. The van der Waals surface area contributed by atoms with Crippen LogP contribution in [-0.4, -0.2) is 18.7 Å². The van der Waals surface area contributed by atoms with E-state index in [9.17, 15) is 8.42 Å². The summed E-state index contributed by atoms with van der Waals surface area (Å²) in [6.07, 6.45) is 2.44. The molecule has 0 fully saturated rings. The molecule has 0 radical (unpaired) electrons. The minimum Gasteiger partial charge on any atom is -0.351 e. The van der Waals surface area contributed by atoms with Gasteiger partial charge in [-0.25, -0.2) is 13.6 Å². The van der Waals surface area contributed by atoms with E-state index in [1.54, 1.807) is 0 Å². The van der Waals surface area contributed by atoms with Crippen molar-refractivity contribution in [3.8, 4) is 0 Å². The minimum absolute atomic E-state index is 0.00859. The van der Waals surface area contributed by atoms with Crippen molar-refractivity contribution in [3.05, 3.63) is 36.0 Å². The molecule has 0 spiro atoms. The van der Waals surface area contributed by atoms with Crippen molar-refractivity contribution in [2.45, 2.75) is 6.42 Å². The molecule has 2 aromatic rings. The Morgan fingerprint density at radius 2 is 2.06 bits per heavy atom. The lowest BCUT2D eigenvalue weighted by Gasteiger charge is -2.01. The zero-order valence-corrected chi connectivity index (χ0v) is 9.87. The lowest BCUT2D eigenvalue weighted by Crippen LogP contribution is -2.17. The van der Waals surface area contributed by atoms with Crippen LogP contribution in [0.2, 0.25) is 0 Å². The molecule has 5 heteroatoms. The molecule has 0 saturated heterocycles. The van der Waals surface area contributed by atoms with E-state index < -0.39 is 10.0 Å². The Morgan fingerprint density at radius 3 is 2.75 bits per heavy atom. The van der Waals surface area contributed by atoms with Gasteiger partial charge in [-0.2, -0.15) is 0 Å². The first kappa shape index (κ1) is 11.2. The first-order valence-corrected chi connectivity index (χ1v) is 6.72. The maximum absolute atomic E-state index is 10.8. The monoisotopic (exact) mass is 238 g/mol. The number of primary sulfonamides is 1. The molecule has 0 aliphatic carbocycles. The number of hydrogen-bond donors (Lipinski definition) is 1. The van der Waals surface area contributed by atoms with Gasteiger partial charge < -0.3 is 4.57 Å². The van der Waals surface area contributed by atoms with Crippen molar-refractivity contribution in [1.29, 1.82) is 0 Å². The Hall–Kier alpha value is -1.33. The lowest BCUT2D eigenvalue weighted by atomic mass is 10.1. The predicted octanol–water partition coefficient (Wildman–Crippen LogP) is 1.01. The van der Waals surface area contributed by atoms with Crippen LogP contribution in [0.4, 0.5) is 0 Å². The summed E-state index contributed by atoms with van der Waals surface area (Å²) in [6, 6.07) is 7.94. The molecule has 1 heterocycles. The Balaban J connectivity index is 2.26. The average molecular weight is 238 g/mol. The highest BCUT2D eigenvalue weighted by Gasteiger charge is 2.05. The summed E-state index contributed by atoms with van der Waals surface area (Å²) in [6.45, 7) is 0. The van der Waals surface area contributed by atoms with Crippen LogP contribution in [-0.2, 0) is 23.5 Å². The number of benzene rings is 1. The van der Waals surface area contributed by atoms with E-state index in [4.69, 9.17) is 5.14 Å². The smallest absolute Gasteiger partial charge is 0.209 e. The van der Waals surface area contributed by atoms with E-state index in [-0.39, 0.29) is 5.75 Å². The third-order valence-electron chi connectivity index (χ3n) is 2.62. The molecule has 0 aliphatic heterocycles. The molecule has 2 N–H and O–H groups in total. The van der Waals surface area contributed by atoms with E-state index in [0.29, 0.717) is 6.42 Å². The van der Waals surface area contributed by atoms with Gasteiger partial charge in [0, 0.05) is 18.8 Å². The summed E-state index contributed by atoms with van der Waals surface area (Å²) in [4.78, 5) is 0. The van der Waals surface area contributed by atoms with Gasteiger partial charge in [0.25, 0.3) is 0 Å². The number of nitrogens with two attached hydrogens (primary N) is 1. The topological polar surface area (TPSA) is 65.1 Å². The molecule has 0 aliphatic rings. The largest absolute Gasteiger partial charge is 0.351 e. The molecule has 86 valence electrons. The molecule has 0 saturated carbocycles. The summed E-state index contributed by atoms with van der Waals surface area (Å²) in [7, 11) is -1.40. The van der Waals surface area contributed by atoms with Crippen LogP contribution in [0, 0.1) is 0 Å². The second-order valence-corrected chi connectivity index (χ2v) is 5.67. The SMILES string of the molecule is Cn1ccc2cc(CCS(N)(=O)=O)ccc21. The van der Waals surface area contributed by atoms with Crippen molar-refractivity contribution in [2.75, 3.05) is 5.75 Å². The molecular formula is C11H14N2O2S. The van der Waals surface area contributed by atoms with Gasteiger partial charge in [0.2, 0.25) is 10.0 Å². The minimum atomic E-state index is -3.38. The average Bonchev–Trinajstić information content (AvgIpc) is 2.56. The number of nitrogens with zero attached hydrogens (tertiary/aromatic N) is 1. The number of hydrogen-bond acceptors (Lipinski definition) is 2. The summed E-state index contributed by atoms with van der Waals surface area (Å²) in [5.41, 5.74) is 2.13. The molecular weight excluding hydrogens is 224 g/mol. The van der Waals surface area contributed by atoms with Crippen LogP contribution in [0.5, 0.6) is 0 Å². The number of fused-ring (bicyclic) bond motifs is 1. The van der Waals surface area contributed by atoms with Gasteiger partial charge in [-0.15, -0.1) is 0 Å². The molecule has 0 atom stereocenters. The van der Waals surface area contributed by atoms with Crippen LogP contribution >= 0.6 is 0 Å². The summed E-state index contributed by atoms with van der Waals surface area (Å²) in [5, 5.41) is 6.09. The van der Waals surface area contributed by atoms with Gasteiger partial charge in [-0.1, -0.05) is 6.07 Å². The van der Waals surface area contributed by atoms with Crippen LogP contribution in [0.1, 0.15) is 5.56 Å². The lowest BCUT2D eigenvalue weighted by molar-refractivity contribution is 0.597. The Labute approximate surface area is 94.7 Å². The third-order valence-corrected chi connectivity index (χ3v) is 3.40. The zero-order chi connectivity index (χ0) is 11.8. The fourth-order valence-corrected chi connectivity index (χ4v) is 2.27. The maximum atomic E-state index is 10.8. The fraction of sp³-hybridized carbons (Fsp3) is 0.273. The first-order valence-electron chi connectivity index (χ1n) is 5.00.